The summed E-state index contributed by atoms with van der Waals surface area (Å²) in [5.41, 5.74) is 2.48. The number of hydrogen-bond acceptors (Lipinski definition) is 3. The summed E-state index contributed by atoms with van der Waals surface area (Å²) in [4.78, 5) is 23.0. The molecule has 0 bridgehead atoms. The molecule has 1 aromatic rings. The van der Waals surface area contributed by atoms with E-state index in [1.54, 1.807) is 30.3 Å². The number of hydrazine groups is 1. The minimum atomic E-state index is -0.538. The molecule has 0 aliphatic rings. The van der Waals surface area contributed by atoms with Gasteiger partial charge in [-0.15, -0.1) is 5.17 Å². The number of rotatable bonds is 3. The highest BCUT2D eigenvalue weighted by Crippen LogP contribution is 2.02. The normalized spacial score (nSPS) is 10.1. The second kappa shape index (κ2) is 6.00. The van der Waals surface area contributed by atoms with E-state index in [2.05, 4.69) is 5.43 Å². The van der Waals surface area contributed by atoms with Crippen molar-refractivity contribution in [2.24, 2.45) is 5.92 Å². The molecule has 0 aliphatic carbocycles. The van der Waals surface area contributed by atoms with Crippen molar-refractivity contribution in [3.63, 3.8) is 0 Å². The highest BCUT2D eigenvalue weighted by molar-refractivity contribution is 5.95. The molecule has 0 radical (unpaired) electrons. The van der Waals surface area contributed by atoms with Crippen molar-refractivity contribution in [3.05, 3.63) is 35.9 Å². The number of hydrogen-bond donors (Lipinski definition) is 2. The lowest BCUT2D eigenvalue weighted by molar-refractivity contribution is -0.176. The molecular weight excluding hydrogens is 220 g/mol. The van der Waals surface area contributed by atoms with E-state index in [0.717, 1.165) is 0 Å². The Hall–Kier alpha value is -1.88. The lowest BCUT2D eigenvalue weighted by Gasteiger charge is -2.16. The zero-order valence-corrected chi connectivity index (χ0v) is 9.88. The third kappa shape index (κ3) is 4.24. The van der Waals surface area contributed by atoms with Crippen molar-refractivity contribution in [2.45, 2.75) is 20.3 Å². The Labute approximate surface area is 100.0 Å². The third-order valence-corrected chi connectivity index (χ3v) is 2.06. The van der Waals surface area contributed by atoms with Gasteiger partial charge in [0.25, 0.3) is 11.8 Å². The van der Waals surface area contributed by atoms with Crippen LogP contribution in [0.25, 0.3) is 0 Å². The standard InChI is InChI=1S/C12H16N2O3/c1-9(2)8-11(15)14(17)13-12(16)10-6-4-3-5-7-10/h3-7,9,17H,8H2,1-2H3,(H,13,16). The summed E-state index contributed by atoms with van der Waals surface area (Å²) >= 11 is 0. The Morgan fingerprint density at radius 2 is 1.88 bits per heavy atom. The fraction of sp³-hybridized carbons (Fsp3) is 0.333. The lowest BCUT2D eigenvalue weighted by atomic mass is 10.1. The average molecular weight is 236 g/mol. The molecule has 0 heterocycles. The summed E-state index contributed by atoms with van der Waals surface area (Å²) in [6, 6.07) is 8.36. The van der Waals surface area contributed by atoms with Crippen molar-refractivity contribution < 1.29 is 14.8 Å². The van der Waals surface area contributed by atoms with Gasteiger partial charge >= 0.3 is 0 Å². The minimum Gasteiger partial charge on any atom is -0.271 e. The quantitative estimate of drug-likeness (QED) is 0.618. The van der Waals surface area contributed by atoms with Gasteiger partial charge in [-0.05, 0) is 18.1 Å². The van der Waals surface area contributed by atoms with Crippen LogP contribution < -0.4 is 5.43 Å². The van der Waals surface area contributed by atoms with Gasteiger partial charge in [0, 0.05) is 12.0 Å². The van der Waals surface area contributed by atoms with E-state index in [4.69, 9.17) is 0 Å². The maximum Gasteiger partial charge on any atom is 0.271 e. The minimum absolute atomic E-state index is 0.116. The van der Waals surface area contributed by atoms with Crippen LogP contribution in [-0.4, -0.2) is 22.2 Å². The molecule has 17 heavy (non-hydrogen) atoms. The molecule has 92 valence electrons. The first kappa shape index (κ1) is 13.2. The highest BCUT2D eigenvalue weighted by atomic mass is 16.6. The van der Waals surface area contributed by atoms with Crippen molar-refractivity contribution in [2.75, 3.05) is 0 Å². The maximum atomic E-state index is 11.6. The van der Waals surface area contributed by atoms with Gasteiger partial charge in [-0.2, -0.15) is 0 Å². The summed E-state index contributed by atoms with van der Waals surface area (Å²) in [7, 11) is 0. The van der Waals surface area contributed by atoms with Crippen LogP contribution in [0.1, 0.15) is 30.6 Å². The van der Waals surface area contributed by atoms with E-state index in [-0.39, 0.29) is 17.5 Å². The SMILES string of the molecule is CC(C)CC(=O)N(O)NC(=O)c1ccccc1. The summed E-state index contributed by atoms with van der Waals surface area (Å²) < 4.78 is 0. The second-order valence-corrected chi connectivity index (χ2v) is 4.11. The van der Waals surface area contributed by atoms with Gasteiger partial charge in [-0.1, -0.05) is 32.0 Å². The molecule has 1 aromatic carbocycles. The smallest absolute Gasteiger partial charge is 0.271 e. The van der Waals surface area contributed by atoms with Gasteiger partial charge in [0.05, 0.1) is 0 Å². The van der Waals surface area contributed by atoms with Crippen LogP contribution in [-0.2, 0) is 4.79 Å². The fourth-order valence-corrected chi connectivity index (χ4v) is 1.25. The maximum absolute atomic E-state index is 11.6. The Morgan fingerprint density at radius 1 is 1.29 bits per heavy atom. The van der Waals surface area contributed by atoms with Crippen LogP contribution in [0.3, 0.4) is 0 Å². The Kier molecular flexibility index (Phi) is 4.66. The van der Waals surface area contributed by atoms with Crippen LogP contribution in [0.4, 0.5) is 0 Å². The van der Waals surface area contributed by atoms with Crippen LogP contribution >= 0.6 is 0 Å². The summed E-state index contributed by atoms with van der Waals surface area (Å²) in [5.74, 6) is -0.944. The van der Waals surface area contributed by atoms with E-state index < -0.39 is 11.8 Å². The monoisotopic (exact) mass is 236 g/mol. The predicted molar refractivity (Wildman–Crippen MR) is 62.0 cm³/mol. The first-order valence-corrected chi connectivity index (χ1v) is 5.38. The molecule has 5 heteroatoms. The van der Waals surface area contributed by atoms with Crippen LogP contribution in [0, 0.1) is 5.92 Å². The number of benzene rings is 1. The van der Waals surface area contributed by atoms with Gasteiger partial charge in [-0.3, -0.25) is 14.8 Å². The molecule has 0 fully saturated rings. The molecule has 0 saturated carbocycles. The molecule has 1 rings (SSSR count). The van der Waals surface area contributed by atoms with Gasteiger partial charge in [0.2, 0.25) is 0 Å². The first-order chi connectivity index (χ1) is 8.00. The largest absolute Gasteiger partial charge is 0.271 e. The molecule has 2 amide bonds. The third-order valence-electron chi connectivity index (χ3n) is 2.06. The Bertz CT molecular complexity index is 390. The van der Waals surface area contributed by atoms with E-state index in [9.17, 15) is 14.8 Å². The average Bonchev–Trinajstić information content (AvgIpc) is 2.29. The number of amides is 2. The van der Waals surface area contributed by atoms with Gasteiger partial charge < -0.3 is 0 Å². The fourth-order valence-electron chi connectivity index (χ4n) is 1.25. The number of nitrogens with zero attached hydrogens (tertiary/aromatic N) is 1. The molecule has 5 nitrogen and oxygen atoms in total. The van der Waals surface area contributed by atoms with E-state index >= 15 is 0 Å². The van der Waals surface area contributed by atoms with Crippen LogP contribution in [0.15, 0.2) is 30.3 Å². The Balaban J connectivity index is 2.55. The van der Waals surface area contributed by atoms with Gasteiger partial charge in [0.1, 0.15) is 0 Å². The zero-order valence-electron chi connectivity index (χ0n) is 9.88. The molecule has 0 unspecified atom stereocenters. The molecule has 0 aliphatic heterocycles. The first-order valence-electron chi connectivity index (χ1n) is 5.38. The van der Waals surface area contributed by atoms with E-state index in [0.29, 0.717) is 5.56 Å². The second-order valence-electron chi connectivity index (χ2n) is 4.11. The lowest BCUT2D eigenvalue weighted by Crippen LogP contribution is -2.44. The highest BCUT2D eigenvalue weighted by Gasteiger charge is 2.15. The molecule has 0 saturated heterocycles. The molecule has 0 atom stereocenters. The number of carbonyl (C=O) groups is 2. The summed E-state index contributed by atoms with van der Waals surface area (Å²) in [6.07, 6.45) is 0.172. The predicted octanol–water partition coefficient (Wildman–Crippen LogP) is 1.60. The Morgan fingerprint density at radius 3 is 2.41 bits per heavy atom. The van der Waals surface area contributed by atoms with E-state index in [1.807, 2.05) is 13.8 Å². The number of hydroxylamine groups is 1. The molecule has 0 spiro atoms. The van der Waals surface area contributed by atoms with E-state index in [1.165, 1.54) is 0 Å². The van der Waals surface area contributed by atoms with Crippen LogP contribution in [0.5, 0.6) is 0 Å². The van der Waals surface area contributed by atoms with Crippen molar-refractivity contribution in [1.82, 2.24) is 10.6 Å². The van der Waals surface area contributed by atoms with Crippen molar-refractivity contribution in [3.8, 4) is 0 Å². The van der Waals surface area contributed by atoms with Crippen molar-refractivity contribution >= 4 is 11.8 Å². The summed E-state index contributed by atoms with van der Waals surface area (Å²) in [5, 5.41) is 9.60. The van der Waals surface area contributed by atoms with Crippen molar-refractivity contribution in [1.29, 1.82) is 0 Å². The number of nitrogens with one attached hydrogen (secondary N) is 1. The number of carbonyl (C=O) groups excluding carboxylic acids is 2. The van der Waals surface area contributed by atoms with Crippen LogP contribution in [0.2, 0.25) is 0 Å². The summed E-state index contributed by atoms with van der Waals surface area (Å²) in [6.45, 7) is 3.70. The molecule has 2 N–H and O–H groups in total. The molecule has 0 aromatic heterocycles. The zero-order chi connectivity index (χ0) is 12.8. The molecular formula is C12H16N2O3. The van der Waals surface area contributed by atoms with Gasteiger partial charge in [0.15, 0.2) is 0 Å². The topological polar surface area (TPSA) is 69.6 Å². The van der Waals surface area contributed by atoms with Gasteiger partial charge in [-0.25, -0.2) is 5.43 Å².